The molecule has 0 aromatic heterocycles. The lowest BCUT2D eigenvalue weighted by Crippen LogP contribution is -2.48. The molecule has 6 heteroatoms. The fourth-order valence-corrected chi connectivity index (χ4v) is 2.00. The SMILES string of the molecule is CCCC(C)=O.CC[N+](CC)(Cc1ccccc1)O[N+](=O)[O-]. The summed E-state index contributed by atoms with van der Waals surface area (Å²) in [6.45, 7) is 9.02. The van der Waals surface area contributed by atoms with Gasteiger partial charge in [0.15, 0.2) is 0 Å². The Morgan fingerprint density at radius 1 is 1.18 bits per heavy atom. The van der Waals surface area contributed by atoms with Crippen molar-refractivity contribution in [3.63, 3.8) is 0 Å². The van der Waals surface area contributed by atoms with Crippen LogP contribution in [0.5, 0.6) is 0 Å². The zero-order valence-electron chi connectivity index (χ0n) is 13.9. The molecule has 0 saturated heterocycles. The van der Waals surface area contributed by atoms with Crippen LogP contribution in [-0.4, -0.2) is 28.6 Å². The number of benzene rings is 1. The second-order valence-electron chi connectivity index (χ2n) is 5.09. The smallest absolute Gasteiger partial charge is 0.300 e. The van der Waals surface area contributed by atoms with Gasteiger partial charge in [-0.15, -0.1) is 19.7 Å². The number of carbonyl (C=O) groups excluding carboxylic acids is 1. The topological polar surface area (TPSA) is 69.4 Å². The summed E-state index contributed by atoms with van der Waals surface area (Å²) in [6, 6.07) is 9.65. The van der Waals surface area contributed by atoms with E-state index in [4.69, 9.17) is 4.94 Å². The molecule has 1 aromatic carbocycles. The maximum atomic E-state index is 10.5. The summed E-state index contributed by atoms with van der Waals surface area (Å²) in [5, 5.41) is 9.78. The Morgan fingerprint density at radius 3 is 2.05 bits per heavy atom. The molecule has 0 fully saturated rings. The van der Waals surface area contributed by atoms with Crippen molar-refractivity contribution >= 4 is 5.78 Å². The summed E-state index contributed by atoms with van der Waals surface area (Å²) in [4.78, 5) is 25.3. The lowest BCUT2D eigenvalue weighted by atomic mass is 10.2. The number of quaternary nitrogens is 1. The highest BCUT2D eigenvalue weighted by Crippen LogP contribution is 2.15. The molecule has 0 N–H and O–H groups in total. The summed E-state index contributed by atoms with van der Waals surface area (Å²) in [5.74, 6) is 0.289. The summed E-state index contributed by atoms with van der Waals surface area (Å²) in [7, 11) is 0. The fourth-order valence-electron chi connectivity index (χ4n) is 2.00. The van der Waals surface area contributed by atoms with Crippen LogP contribution in [0.1, 0.15) is 46.1 Å². The van der Waals surface area contributed by atoms with Gasteiger partial charge < -0.3 is 4.79 Å². The highest BCUT2D eigenvalue weighted by molar-refractivity contribution is 5.75. The van der Waals surface area contributed by atoms with Gasteiger partial charge in [0.1, 0.15) is 25.4 Å². The molecule has 0 atom stereocenters. The summed E-state index contributed by atoms with van der Waals surface area (Å²) in [5.41, 5.74) is 1.04. The third-order valence-corrected chi connectivity index (χ3v) is 3.31. The molecular weight excluding hydrogens is 284 g/mol. The zero-order valence-corrected chi connectivity index (χ0v) is 13.9. The van der Waals surface area contributed by atoms with Crippen LogP contribution in [0.2, 0.25) is 0 Å². The highest BCUT2D eigenvalue weighted by atomic mass is 17.0. The van der Waals surface area contributed by atoms with E-state index in [0.717, 1.165) is 18.4 Å². The minimum atomic E-state index is -0.712. The van der Waals surface area contributed by atoms with Crippen LogP contribution < -0.4 is 0 Å². The predicted octanol–water partition coefficient (Wildman–Crippen LogP) is 3.54. The molecule has 0 aliphatic heterocycles. The molecule has 0 amide bonds. The maximum Gasteiger partial charge on any atom is 0.339 e. The number of Topliss-reactive ketones (excluding diaryl/α,β-unsaturated/α-hetero) is 1. The molecule has 0 radical (unpaired) electrons. The van der Waals surface area contributed by atoms with Crippen molar-refractivity contribution in [1.82, 2.24) is 0 Å². The predicted molar refractivity (Wildman–Crippen MR) is 85.2 cm³/mol. The quantitative estimate of drug-likeness (QED) is 0.418. The molecule has 124 valence electrons. The highest BCUT2D eigenvalue weighted by Gasteiger charge is 2.29. The number of rotatable bonds is 8. The van der Waals surface area contributed by atoms with Gasteiger partial charge in [-0.1, -0.05) is 37.3 Å². The Morgan fingerprint density at radius 2 is 1.73 bits per heavy atom. The monoisotopic (exact) mass is 311 g/mol. The Labute approximate surface area is 132 Å². The molecule has 0 bridgehead atoms. The first-order chi connectivity index (χ1) is 10.4. The first-order valence-electron chi connectivity index (χ1n) is 7.62. The molecule has 22 heavy (non-hydrogen) atoms. The van der Waals surface area contributed by atoms with Gasteiger partial charge in [-0.3, -0.25) is 0 Å². The van der Waals surface area contributed by atoms with Crippen molar-refractivity contribution < 1.29 is 19.5 Å². The van der Waals surface area contributed by atoms with E-state index >= 15 is 0 Å². The molecular formula is C16H27N2O4+. The fraction of sp³-hybridized carbons (Fsp3) is 0.562. The standard InChI is InChI=1S/C11H17N2O3.C5H10O/c1-3-13(4-2,16-12(14)15)10-11-8-6-5-7-9-11;1-3-4-5(2)6/h5-9H,3-4,10H2,1-2H3;3-4H2,1-2H3/q+1;. The van der Waals surface area contributed by atoms with Crippen LogP contribution in [0.25, 0.3) is 0 Å². The van der Waals surface area contributed by atoms with Crippen LogP contribution in [0.4, 0.5) is 0 Å². The van der Waals surface area contributed by atoms with E-state index in [9.17, 15) is 14.9 Å². The van der Waals surface area contributed by atoms with Gasteiger partial charge in [0.25, 0.3) is 0 Å². The number of hydrogen-bond acceptors (Lipinski definition) is 4. The third kappa shape index (κ3) is 8.36. The largest absolute Gasteiger partial charge is 0.339 e. The molecule has 1 aromatic rings. The van der Waals surface area contributed by atoms with Crippen molar-refractivity contribution in [1.29, 1.82) is 0 Å². The van der Waals surface area contributed by atoms with Crippen molar-refractivity contribution in [2.24, 2.45) is 0 Å². The molecule has 0 spiro atoms. The second-order valence-corrected chi connectivity index (χ2v) is 5.09. The first-order valence-corrected chi connectivity index (χ1v) is 7.62. The molecule has 1 rings (SSSR count). The van der Waals surface area contributed by atoms with Crippen molar-refractivity contribution in [2.45, 2.75) is 47.1 Å². The van der Waals surface area contributed by atoms with E-state index in [1.54, 1.807) is 6.92 Å². The van der Waals surface area contributed by atoms with Crippen LogP contribution in [0.3, 0.4) is 0 Å². The van der Waals surface area contributed by atoms with Crippen molar-refractivity contribution in [3.8, 4) is 0 Å². The Kier molecular flexibility index (Phi) is 9.78. The van der Waals surface area contributed by atoms with Crippen LogP contribution >= 0.6 is 0 Å². The molecule has 0 aliphatic rings. The van der Waals surface area contributed by atoms with Gasteiger partial charge in [0, 0.05) is 12.0 Å². The Balaban J connectivity index is 0.000000626. The van der Waals surface area contributed by atoms with Gasteiger partial charge in [0.05, 0.1) is 0 Å². The first kappa shape index (κ1) is 20.1. The minimum Gasteiger partial charge on any atom is -0.300 e. The average molecular weight is 311 g/mol. The zero-order chi connectivity index (χ0) is 17.0. The van der Waals surface area contributed by atoms with E-state index < -0.39 is 5.09 Å². The molecule has 0 unspecified atom stereocenters. The van der Waals surface area contributed by atoms with Gasteiger partial charge in [0.2, 0.25) is 0 Å². The number of nitrogens with zero attached hydrogens (tertiary/aromatic N) is 2. The van der Waals surface area contributed by atoms with Crippen molar-refractivity contribution in [3.05, 3.63) is 46.0 Å². The normalized spacial score (nSPS) is 10.4. The van der Waals surface area contributed by atoms with Gasteiger partial charge in [-0.2, -0.15) is 0 Å². The van der Waals surface area contributed by atoms with Gasteiger partial charge in [-0.05, 0) is 27.2 Å². The van der Waals surface area contributed by atoms with Crippen LogP contribution in [0.15, 0.2) is 30.3 Å². The van der Waals surface area contributed by atoms with Crippen LogP contribution in [-0.2, 0) is 16.3 Å². The average Bonchev–Trinajstić information content (AvgIpc) is 2.47. The van der Waals surface area contributed by atoms with Gasteiger partial charge >= 0.3 is 5.09 Å². The molecule has 0 heterocycles. The van der Waals surface area contributed by atoms with E-state index in [1.807, 2.05) is 51.1 Å². The van der Waals surface area contributed by atoms with Gasteiger partial charge in [-0.25, -0.2) is 0 Å². The number of carbonyl (C=O) groups is 1. The summed E-state index contributed by atoms with van der Waals surface area (Å²) in [6.07, 6.45) is 1.72. The lowest BCUT2D eigenvalue weighted by molar-refractivity contribution is -1.24. The summed E-state index contributed by atoms with van der Waals surface area (Å²) >= 11 is 0. The molecule has 0 saturated carbocycles. The minimum absolute atomic E-state index is 0.0109. The third-order valence-electron chi connectivity index (χ3n) is 3.31. The van der Waals surface area contributed by atoms with E-state index in [-0.39, 0.29) is 10.4 Å². The Bertz CT molecular complexity index is 445. The van der Waals surface area contributed by atoms with Crippen molar-refractivity contribution in [2.75, 3.05) is 13.1 Å². The maximum absolute atomic E-state index is 10.5. The number of ketones is 1. The summed E-state index contributed by atoms with van der Waals surface area (Å²) < 4.78 is 0.0109. The number of hydroxylamine groups is 3. The number of hydrogen-bond donors (Lipinski definition) is 0. The van der Waals surface area contributed by atoms with Crippen LogP contribution in [0, 0.1) is 10.1 Å². The Hall–Kier alpha value is -1.95. The van der Waals surface area contributed by atoms with E-state index in [2.05, 4.69) is 0 Å². The molecule has 6 nitrogen and oxygen atoms in total. The van der Waals surface area contributed by atoms with E-state index in [0.29, 0.717) is 19.6 Å². The molecule has 0 aliphatic carbocycles. The lowest BCUT2D eigenvalue weighted by Gasteiger charge is -2.30. The second kappa shape index (κ2) is 10.7. The van der Waals surface area contributed by atoms with E-state index in [1.165, 1.54) is 0 Å².